The third-order valence-electron chi connectivity index (χ3n) is 3.95. The summed E-state index contributed by atoms with van der Waals surface area (Å²) >= 11 is 0. The molecule has 27 heavy (non-hydrogen) atoms. The Morgan fingerprint density at radius 2 is 1.78 bits per heavy atom. The van der Waals surface area contributed by atoms with Crippen molar-refractivity contribution in [3.63, 3.8) is 0 Å². The van der Waals surface area contributed by atoms with E-state index in [1.54, 1.807) is 51.8 Å². The van der Waals surface area contributed by atoms with Gasteiger partial charge < -0.3 is 10.1 Å². The summed E-state index contributed by atoms with van der Waals surface area (Å²) in [7, 11) is 1.72. The van der Waals surface area contributed by atoms with E-state index in [1.165, 1.54) is 0 Å². The number of benzene rings is 1. The van der Waals surface area contributed by atoms with Crippen molar-refractivity contribution in [2.24, 2.45) is 0 Å². The van der Waals surface area contributed by atoms with Crippen LogP contribution >= 0.6 is 0 Å². The van der Waals surface area contributed by atoms with Gasteiger partial charge in [-0.1, -0.05) is 12.1 Å². The van der Waals surface area contributed by atoms with Gasteiger partial charge in [0.15, 0.2) is 6.61 Å². The molecule has 3 amide bonds. The Bertz CT molecular complexity index is 655. The number of aryl methyl sites for hydroxylation is 2. The molecule has 6 nitrogen and oxygen atoms in total. The molecule has 1 atom stereocenters. The first kappa shape index (κ1) is 22.8. The van der Waals surface area contributed by atoms with Crippen LogP contribution in [-0.2, 0) is 11.3 Å². The summed E-state index contributed by atoms with van der Waals surface area (Å²) in [5, 5.41) is 4.73. The maximum Gasteiger partial charge on any atom is 0.422 e. The van der Waals surface area contributed by atoms with Gasteiger partial charge >= 0.3 is 12.2 Å². The van der Waals surface area contributed by atoms with Crippen molar-refractivity contribution in [3.05, 3.63) is 28.8 Å². The van der Waals surface area contributed by atoms with E-state index in [9.17, 15) is 22.8 Å². The molecule has 0 bridgehead atoms. The van der Waals surface area contributed by atoms with E-state index in [1.807, 2.05) is 0 Å². The molecule has 0 saturated heterocycles. The largest absolute Gasteiger partial charge is 0.484 e. The topological polar surface area (TPSA) is 70.7 Å². The standard InChI is InChI=1S/C18H26F3N3O3/c1-6-22-17(26)23-16(25)13(4)24(5)9-14-7-11(2)15(12(3)8-14)27-10-18(19,20)21/h7-8,13H,6,9-10H2,1-5H3,(H2,22,23,25,26). The molecule has 0 heterocycles. The summed E-state index contributed by atoms with van der Waals surface area (Å²) in [6.45, 7) is 6.20. The smallest absolute Gasteiger partial charge is 0.422 e. The van der Waals surface area contributed by atoms with Gasteiger partial charge in [-0.3, -0.25) is 15.0 Å². The van der Waals surface area contributed by atoms with Crippen molar-refractivity contribution in [2.45, 2.75) is 46.5 Å². The second kappa shape index (κ2) is 9.59. The fourth-order valence-corrected chi connectivity index (χ4v) is 2.56. The maximum absolute atomic E-state index is 12.4. The van der Waals surface area contributed by atoms with Crippen LogP contribution < -0.4 is 15.4 Å². The molecule has 0 saturated carbocycles. The number of hydrogen-bond acceptors (Lipinski definition) is 4. The van der Waals surface area contributed by atoms with Crippen LogP contribution in [0.1, 0.15) is 30.5 Å². The number of amides is 3. The number of imide groups is 1. The number of rotatable bonds is 7. The van der Waals surface area contributed by atoms with Gasteiger partial charge in [0.05, 0.1) is 6.04 Å². The molecule has 152 valence electrons. The second-order valence-corrected chi connectivity index (χ2v) is 6.40. The van der Waals surface area contributed by atoms with E-state index in [4.69, 9.17) is 4.74 Å². The van der Waals surface area contributed by atoms with Crippen molar-refractivity contribution in [1.82, 2.24) is 15.5 Å². The van der Waals surface area contributed by atoms with E-state index >= 15 is 0 Å². The summed E-state index contributed by atoms with van der Waals surface area (Å²) in [4.78, 5) is 25.3. The average Bonchev–Trinajstić information content (AvgIpc) is 2.52. The van der Waals surface area contributed by atoms with E-state index in [2.05, 4.69) is 10.6 Å². The molecule has 0 aliphatic rings. The Balaban J connectivity index is 2.78. The number of carbonyl (C=O) groups excluding carboxylic acids is 2. The Labute approximate surface area is 157 Å². The highest BCUT2D eigenvalue weighted by molar-refractivity contribution is 5.96. The lowest BCUT2D eigenvalue weighted by molar-refractivity contribution is -0.153. The van der Waals surface area contributed by atoms with Crippen LogP contribution in [0.4, 0.5) is 18.0 Å². The van der Waals surface area contributed by atoms with Crippen LogP contribution in [0.3, 0.4) is 0 Å². The minimum atomic E-state index is -4.40. The third-order valence-corrected chi connectivity index (χ3v) is 3.95. The number of alkyl halides is 3. The van der Waals surface area contributed by atoms with E-state index in [0.29, 0.717) is 24.2 Å². The highest BCUT2D eigenvalue weighted by Crippen LogP contribution is 2.27. The van der Waals surface area contributed by atoms with E-state index in [-0.39, 0.29) is 5.75 Å². The molecule has 0 aliphatic heterocycles. The normalized spacial score (nSPS) is 12.6. The van der Waals surface area contributed by atoms with Crippen LogP contribution in [0, 0.1) is 13.8 Å². The summed E-state index contributed by atoms with van der Waals surface area (Å²) in [5.41, 5.74) is 1.99. The number of nitrogens with one attached hydrogen (secondary N) is 2. The van der Waals surface area contributed by atoms with Gasteiger partial charge in [0.25, 0.3) is 0 Å². The molecular formula is C18H26F3N3O3. The van der Waals surface area contributed by atoms with Crippen LogP contribution in [0.2, 0.25) is 0 Å². The molecule has 9 heteroatoms. The van der Waals surface area contributed by atoms with Crippen LogP contribution in [0.5, 0.6) is 5.75 Å². The molecule has 0 fully saturated rings. The number of urea groups is 1. The predicted molar refractivity (Wildman–Crippen MR) is 95.6 cm³/mol. The molecule has 1 rings (SSSR count). The van der Waals surface area contributed by atoms with E-state index < -0.39 is 30.8 Å². The fourth-order valence-electron chi connectivity index (χ4n) is 2.56. The minimum Gasteiger partial charge on any atom is -0.484 e. The quantitative estimate of drug-likeness (QED) is 0.752. The number of ether oxygens (including phenoxy) is 1. The molecule has 0 radical (unpaired) electrons. The lowest BCUT2D eigenvalue weighted by Gasteiger charge is -2.24. The Kier molecular flexibility index (Phi) is 8.08. The maximum atomic E-state index is 12.4. The summed E-state index contributed by atoms with van der Waals surface area (Å²) in [6.07, 6.45) is -4.40. The molecular weight excluding hydrogens is 363 g/mol. The fraction of sp³-hybridized carbons (Fsp3) is 0.556. The third kappa shape index (κ3) is 7.46. The summed E-state index contributed by atoms with van der Waals surface area (Å²) < 4.78 is 42.0. The van der Waals surface area contributed by atoms with Crippen LogP contribution in [0.15, 0.2) is 12.1 Å². The van der Waals surface area contributed by atoms with Crippen molar-refractivity contribution in [2.75, 3.05) is 20.2 Å². The first-order valence-electron chi connectivity index (χ1n) is 8.53. The predicted octanol–water partition coefficient (Wildman–Crippen LogP) is 2.91. The van der Waals surface area contributed by atoms with Gasteiger partial charge in [-0.15, -0.1) is 0 Å². The summed E-state index contributed by atoms with van der Waals surface area (Å²) in [5.74, 6) is -0.234. The first-order chi connectivity index (χ1) is 12.4. The molecule has 1 unspecified atom stereocenters. The van der Waals surface area contributed by atoms with Crippen molar-refractivity contribution in [3.8, 4) is 5.75 Å². The minimum absolute atomic E-state index is 0.209. The second-order valence-electron chi connectivity index (χ2n) is 6.40. The molecule has 2 N–H and O–H groups in total. The Hall–Kier alpha value is -2.29. The average molecular weight is 389 g/mol. The van der Waals surface area contributed by atoms with Crippen LogP contribution in [0.25, 0.3) is 0 Å². The number of nitrogens with zero attached hydrogens (tertiary/aromatic N) is 1. The highest BCUT2D eigenvalue weighted by Gasteiger charge is 2.29. The summed E-state index contributed by atoms with van der Waals surface area (Å²) in [6, 6.07) is 2.32. The molecule has 1 aromatic rings. The zero-order chi connectivity index (χ0) is 20.8. The lowest BCUT2D eigenvalue weighted by atomic mass is 10.0. The van der Waals surface area contributed by atoms with Crippen molar-refractivity contribution < 1.29 is 27.5 Å². The molecule has 0 aromatic heterocycles. The van der Waals surface area contributed by atoms with Gasteiger partial charge in [-0.25, -0.2) is 4.79 Å². The number of halogens is 3. The van der Waals surface area contributed by atoms with Crippen LogP contribution in [-0.4, -0.2) is 49.3 Å². The molecule has 0 spiro atoms. The highest BCUT2D eigenvalue weighted by atomic mass is 19.4. The van der Waals surface area contributed by atoms with Gasteiger partial charge in [-0.2, -0.15) is 13.2 Å². The number of carbonyl (C=O) groups is 2. The Morgan fingerprint density at radius 3 is 2.26 bits per heavy atom. The Morgan fingerprint density at radius 1 is 1.22 bits per heavy atom. The van der Waals surface area contributed by atoms with Gasteiger partial charge in [0, 0.05) is 13.1 Å². The zero-order valence-electron chi connectivity index (χ0n) is 16.2. The lowest BCUT2D eigenvalue weighted by Crippen LogP contribution is -2.48. The monoisotopic (exact) mass is 389 g/mol. The van der Waals surface area contributed by atoms with Crippen molar-refractivity contribution in [1.29, 1.82) is 0 Å². The van der Waals surface area contributed by atoms with Gasteiger partial charge in [0.2, 0.25) is 5.91 Å². The van der Waals surface area contributed by atoms with E-state index in [0.717, 1.165) is 5.56 Å². The number of likely N-dealkylation sites (N-methyl/N-ethyl adjacent to an activating group) is 1. The molecule has 0 aliphatic carbocycles. The van der Waals surface area contributed by atoms with Gasteiger partial charge in [-0.05, 0) is 51.4 Å². The zero-order valence-corrected chi connectivity index (χ0v) is 16.2. The van der Waals surface area contributed by atoms with Gasteiger partial charge in [0.1, 0.15) is 5.75 Å². The van der Waals surface area contributed by atoms with Crippen molar-refractivity contribution >= 4 is 11.9 Å². The number of hydrogen-bond donors (Lipinski definition) is 2. The first-order valence-corrected chi connectivity index (χ1v) is 8.53. The SMILES string of the molecule is CCNC(=O)NC(=O)C(C)N(C)Cc1cc(C)c(OCC(F)(F)F)c(C)c1. The molecule has 1 aromatic carbocycles.